The third kappa shape index (κ3) is 0.856. The number of fused-ring (bicyclic) bond motifs is 1. The zero-order valence-corrected chi connectivity index (χ0v) is 6.24. The standard InChI is InChI=1S/C6H3N5O2/c7-1-11-4-3(8-2-9-4)5(12)10-6(11)13/h2H,(H,8,9)(H,10,12,13). The Bertz CT molecular complexity index is 610. The third-order valence-electron chi connectivity index (χ3n) is 1.58. The van der Waals surface area contributed by atoms with Crippen molar-refractivity contribution in [1.82, 2.24) is 19.5 Å². The predicted octanol–water partition coefficient (Wildman–Crippen LogP) is -1.26. The maximum atomic E-state index is 11.1. The summed E-state index contributed by atoms with van der Waals surface area (Å²) >= 11 is 0. The zero-order valence-electron chi connectivity index (χ0n) is 6.24. The van der Waals surface area contributed by atoms with E-state index in [-0.39, 0.29) is 11.2 Å². The molecule has 2 heterocycles. The van der Waals surface area contributed by atoms with E-state index >= 15 is 0 Å². The Balaban J connectivity index is 3.17. The van der Waals surface area contributed by atoms with Crippen LogP contribution in [0.2, 0.25) is 0 Å². The molecule has 0 amide bonds. The molecule has 0 atom stereocenters. The summed E-state index contributed by atoms with van der Waals surface area (Å²) in [5.41, 5.74) is -1.21. The van der Waals surface area contributed by atoms with Gasteiger partial charge >= 0.3 is 5.69 Å². The second kappa shape index (κ2) is 2.31. The first-order valence-corrected chi connectivity index (χ1v) is 3.32. The molecule has 7 nitrogen and oxygen atoms in total. The fraction of sp³-hybridized carbons (Fsp3) is 0. The van der Waals surface area contributed by atoms with Crippen LogP contribution in [-0.2, 0) is 0 Å². The molecule has 64 valence electrons. The highest BCUT2D eigenvalue weighted by atomic mass is 16.2. The van der Waals surface area contributed by atoms with E-state index in [2.05, 4.69) is 9.97 Å². The fourth-order valence-electron chi connectivity index (χ4n) is 1.03. The molecule has 0 fully saturated rings. The van der Waals surface area contributed by atoms with Crippen molar-refractivity contribution < 1.29 is 0 Å². The van der Waals surface area contributed by atoms with Crippen molar-refractivity contribution in [2.45, 2.75) is 0 Å². The lowest BCUT2D eigenvalue weighted by Gasteiger charge is -1.91. The molecule has 0 aliphatic carbocycles. The number of H-pyrrole nitrogens is 2. The number of aromatic nitrogens is 4. The molecule has 0 radical (unpaired) electrons. The van der Waals surface area contributed by atoms with Crippen molar-refractivity contribution in [3.8, 4) is 6.19 Å². The van der Waals surface area contributed by atoms with Crippen LogP contribution in [0.15, 0.2) is 15.9 Å². The molecule has 0 bridgehead atoms. The number of nitriles is 1. The summed E-state index contributed by atoms with van der Waals surface area (Å²) < 4.78 is 0.702. The highest BCUT2D eigenvalue weighted by molar-refractivity contribution is 5.69. The minimum Gasteiger partial charge on any atom is -0.339 e. The van der Waals surface area contributed by atoms with E-state index < -0.39 is 11.2 Å². The van der Waals surface area contributed by atoms with Crippen molar-refractivity contribution >= 4 is 11.2 Å². The summed E-state index contributed by atoms with van der Waals surface area (Å²) in [7, 11) is 0. The van der Waals surface area contributed by atoms with E-state index in [0.717, 1.165) is 0 Å². The van der Waals surface area contributed by atoms with Crippen LogP contribution in [0.4, 0.5) is 0 Å². The maximum Gasteiger partial charge on any atom is 0.343 e. The largest absolute Gasteiger partial charge is 0.343 e. The minimum absolute atomic E-state index is 0.0382. The van der Waals surface area contributed by atoms with Crippen LogP contribution in [0.5, 0.6) is 0 Å². The molecule has 0 saturated carbocycles. The predicted molar refractivity (Wildman–Crippen MR) is 42.0 cm³/mol. The van der Waals surface area contributed by atoms with E-state index in [4.69, 9.17) is 5.26 Å². The summed E-state index contributed by atoms with van der Waals surface area (Å²) in [6, 6.07) is 0. The van der Waals surface area contributed by atoms with Gasteiger partial charge in [0, 0.05) is 0 Å². The summed E-state index contributed by atoms with van der Waals surface area (Å²) in [5, 5.41) is 8.56. The number of hydrogen-bond donors (Lipinski definition) is 2. The highest BCUT2D eigenvalue weighted by Gasteiger charge is 2.07. The lowest BCUT2D eigenvalue weighted by molar-refractivity contribution is 0.944. The van der Waals surface area contributed by atoms with Gasteiger partial charge in [-0.3, -0.25) is 9.78 Å². The smallest absolute Gasteiger partial charge is 0.339 e. The van der Waals surface area contributed by atoms with Crippen LogP contribution in [0.25, 0.3) is 11.2 Å². The van der Waals surface area contributed by atoms with Crippen molar-refractivity contribution in [1.29, 1.82) is 5.26 Å². The van der Waals surface area contributed by atoms with E-state index in [0.29, 0.717) is 4.57 Å². The van der Waals surface area contributed by atoms with Crippen LogP contribution >= 0.6 is 0 Å². The number of imidazole rings is 1. The molecule has 0 aliphatic heterocycles. The summed E-state index contributed by atoms with van der Waals surface area (Å²) in [4.78, 5) is 30.3. The Labute approximate surface area is 70.3 Å². The molecule has 7 heteroatoms. The van der Waals surface area contributed by atoms with Gasteiger partial charge in [-0.2, -0.15) is 9.83 Å². The van der Waals surface area contributed by atoms with Crippen LogP contribution in [0.3, 0.4) is 0 Å². The second-order valence-corrected chi connectivity index (χ2v) is 2.30. The Morgan fingerprint density at radius 3 is 3.00 bits per heavy atom. The SMILES string of the molecule is N#Cn1c(=O)[nH]c(=O)c2[nH]cnc21. The number of nitrogens with zero attached hydrogens (tertiary/aromatic N) is 3. The molecular formula is C6H3N5O2. The summed E-state index contributed by atoms with van der Waals surface area (Å²) in [5.74, 6) is 0. The van der Waals surface area contributed by atoms with Gasteiger partial charge in [-0.1, -0.05) is 0 Å². The van der Waals surface area contributed by atoms with E-state index in [9.17, 15) is 9.59 Å². The average molecular weight is 177 g/mol. The fourth-order valence-corrected chi connectivity index (χ4v) is 1.03. The molecule has 2 rings (SSSR count). The van der Waals surface area contributed by atoms with Gasteiger partial charge in [0.15, 0.2) is 17.4 Å². The van der Waals surface area contributed by atoms with Crippen molar-refractivity contribution in [3.63, 3.8) is 0 Å². The van der Waals surface area contributed by atoms with Gasteiger partial charge in [-0.05, 0) is 0 Å². The van der Waals surface area contributed by atoms with Crippen molar-refractivity contribution in [2.24, 2.45) is 0 Å². The molecule has 13 heavy (non-hydrogen) atoms. The molecular weight excluding hydrogens is 174 g/mol. The first kappa shape index (κ1) is 7.30. The van der Waals surface area contributed by atoms with Gasteiger partial charge in [-0.25, -0.2) is 9.78 Å². The number of nitrogens with one attached hydrogen (secondary N) is 2. The van der Waals surface area contributed by atoms with Crippen LogP contribution in [0, 0.1) is 11.5 Å². The maximum absolute atomic E-state index is 11.1. The third-order valence-corrected chi connectivity index (χ3v) is 1.58. The van der Waals surface area contributed by atoms with Gasteiger partial charge in [0.2, 0.25) is 0 Å². The van der Waals surface area contributed by atoms with Crippen molar-refractivity contribution in [3.05, 3.63) is 27.2 Å². The first-order chi connectivity index (χ1) is 6.24. The second-order valence-electron chi connectivity index (χ2n) is 2.30. The highest BCUT2D eigenvalue weighted by Crippen LogP contribution is 1.97. The van der Waals surface area contributed by atoms with Gasteiger partial charge in [0.1, 0.15) is 0 Å². The molecule has 2 N–H and O–H groups in total. The molecule has 0 aromatic carbocycles. The van der Waals surface area contributed by atoms with E-state index in [1.54, 1.807) is 6.19 Å². The van der Waals surface area contributed by atoms with Crippen LogP contribution in [0.1, 0.15) is 0 Å². The molecule has 0 aliphatic rings. The Morgan fingerprint density at radius 2 is 2.31 bits per heavy atom. The summed E-state index contributed by atoms with van der Waals surface area (Å²) in [6.07, 6.45) is 2.85. The topological polar surface area (TPSA) is 107 Å². The molecule has 2 aromatic rings. The molecule has 0 spiro atoms. The van der Waals surface area contributed by atoms with Crippen LogP contribution < -0.4 is 11.2 Å². The monoisotopic (exact) mass is 177 g/mol. The normalized spacial score (nSPS) is 10.1. The minimum atomic E-state index is -0.785. The van der Waals surface area contributed by atoms with Gasteiger partial charge in [0.25, 0.3) is 5.56 Å². The van der Waals surface area contributed by atoms with Gasteiger partial charge < -0.3 is 4.98 Å². The Kier molecular flexibility index (Phi) is 1.30. The number of hydrogen-bond acceptors (Lipinski definition) is 4. The quantitative estimate of drug-likeness (QED) is 0.523. The molecule has 0 saturated heterocycles. The van der Waals surface area contributed by atoms with E-state index in [1.165, 1.54) is 6.33 Å². The Morgan fingerprint density at radius 1 is 1.54 bits per heavy atom. The zero-order chi connectivity index (χ0) is 9.42. The number of aromatic amines is 2. The number of rotatable bonds is 0. The van der Waals surface area contributed by atoms with Gasteiger partial charge in [-0.15, -0.1) is 0 Å². The van der Waals surface area contributed by atoms with E-state index in [1.807, 2.05) is 4.98 Å². The average Bonchev–Trinajstić information content (AvgIpc) is 2.53. The summed E-state index contributed by atoms with van der Waals surface area (Å²) in [6.45, 7) is 0. The Hall–Kier alpha value is -2.36. The molecule has 2 aromatic heterocycles. The molecule has 0 unspecified atom stereocenters. The van der Waals surface area contributed by atoms with Crippen LogP contribution in [-0.4, -0.2) is 19.5 Å². The first-order valence-electron chi connectivity index (χ1n) is 3.32. The lowest BCUT2D eigenvalue weighted by atomic mass is 10.5. The van der Waals surface area contributed by atoms with Gasteiger partial charge in [0.05, 0.1) is 6.33 Å². The lowest BCUT2D eigenvalue weighted by Crippen LogP contribution is -2.28. The van der Waals surface area contributed by atoms with Crippen molar-refractivity contribution in [2.75, 3.05) is 0 Å².